The van der Waals surface area contributed by atoms with Crippen LogP contribution in [0.5, 0.6) is 11.6 Å². The van der Waals surface area contributed by atoms with Gasteiger partial charge in [0.25, 0.3) is 5.91 Å². The maximum absolute atomic E-state index is 14.8. The summed E-state index contributed by atoms with van der Waals surface area (Å²) in [6.45, 7) is 2.57. The molecule has 1 aromatic carbocycles. The molecule has 6 atom stereocenters. The molecule has 6 rings (SSSR count). The van der Waals surface area contributed by atoms with Gasteiger partial charge in [-0.1, -0.05) is 18.6 Å². The molecule has 2 aromatic rings. The van der Waals surface area contributed by atoms with Gasteiger partial charge in [-0.05, 0) is 88.9 Å². The molecule has 15 nitrogen and oxygen atoms in total. The van der Waals surface area contributed by atoms with Crippen LogP contribution in [0.2, 0.25) is 0 Å². The van der Waals surface area contributed by atoms with Gasteiger partial charge in [-0.25, -0.2) is 18.2 Å². The van der Waals surface area contributed by atoms with E-state index in [1.54, 1.807) is 30.3 Å². The van der Waals surface area contributed by atoms with Crippen molar-refractivity contribution in [2.24, 2.45) is 11.8 Å². The highest BCUT2D eigenvalue weighted by Crippen LogP contribution is 2.47. The first-order valence-corrected chi connectivity index (χ1v) is 20.7. The van der Waals surface area contributed by atoms with Crippen LogP contribution in [0.3, 0.4) is 0 Å². The first-order valence-electron chi connectivity index (χ1n) is 19.2. The zero-order chi connectivity index (χ0) is 42.3. The van der Waals surface area contributed by atoms with E-state index in [0.717, 1.165) is 10.3 Å². The lowest BCUT2D eigenvalue weighted by molar-refractivity contribution is -0.244. The number of aromatic nitrogens is 1. The van der Waals surface area contributed by atoms with Gasteiger partial charge in [-0.15, -0.1) is 0 Å². The van der Waals surface area contributed by atoms with Crippen molar-refractivity contribution in [3.05, 3.63) is 42.6 Å². The van der Waals surface area contributed by atoms with Crippen molar-refractivity contribution in [2.45, 2.75) is 112 Å². The van der Waals surface area contributed by atoms with Crippen LogP contribution in [-0.4, -0.2) is 110 Å². The Bertz CT molecular complexity index is 2060. The third-order valence-corrected chi connectivity index (χ3v) is 13.8. The minimum Gasteiger partial charge on any atom is -0.497 e. The highest BCUT2D eigenvalue weighted by atomic mass is 32.2. The standard InChI is InChI=1S/C39H50F3N5O10S/c1-36(2,39(40,41)42)57-35(51)44-30-24(22-54-4)10-8-6-7-9-11-25-20-38(25,34(50)46-58(52,53)37(3)15-16-37)45-31(48)29-19-27(21-47(29)33(30)49)56-32-28-13-12-26(55-5)18-23(28)14-17-43-32/h9,11-14,17-18,24-25,27,29-30H,6-8,10,15-16,19-22H2,1-5H3,(H,44,51)(H,45,48)(H,46,50). The number of nitrogens with zero attached hydrogens (tertiary/aromatic N) is 2. The van der Waals surface area contributed by atoms with Crippen molar-refractivity contribution in [3.8, 4) is 11.6 Å². The summed E-state index contributed by atoms with van der Waals surface area (Å²) in [5.41, 5.74) is -4.56. The Hall–Kier alpha value is -4.65. The number of ether oxygens (including phenoxy) is 4. The average molecular weight is 838 g/mol. The zero-order valence-corrected chi connectivity index (χ0v) is 33.8. The fraction of sp³-hybridized carbons (Fsp3) is 0.615. The molecule has 4 aliphatic rings. The van der Waals surface area contributed by atoms with Gasteiger partial charge < -0.3 is 34.5 Å². The molecule has 3 fully saturated rings. The molecule has 0 spiro atoms. The number of hydrogen-bond donors (Lipinski definition) is 3. The number of sulfonamides is 1. The molecule has 19 heteroatoms. The van der Waals surface area contributed by atoms with Crippen LogP contribution in [0.15, 0.2) is 42.6 Å². The van der Waals surface area contributed by atoms with Crippen molar-refractivity contribution in [1.82, 2.24) is 25.2 Å². The van der Waals surface area contributed by atoms with Gasteiger partial charge in [-0.2, -0.15) is 13.2 Å². The minimum absolute atomic E-state index is 0.0814. The van der Waals surface area contributed by atoms with E-state index in [-0.39, 0.29) is 31.9 Å². The lowest BCUT2D eigenvalue weighted by Crippen LogP contribution is -2.60. The number of halogens is 3. The summed E-state index contributed by atoms with van der Waals surface area (Å²) in [7, 11) is -1.18. The van der Waals surface area contributed by atoms with Crippen LogP contribution >= 0.6 is 0 Å². The molecule has 3 N–H and O–H groups in total. The van der Waals surface area contributed by atoms with Crippen molar-refractivity contribution >= 4 is 44.6 Å². The molecule has 3 heterocycles. The summed E-state index contributed by atoms with van der Waals surface area (Å²) in [6, 6.07) is 4.11. The van der Waals surface area contributed by atoms with Gasteiger partial charge in [0.1, 0.15) is 29.5 Å². The Morgan fingerprint density at radius 3 is 2.52 bits per heavy atom. The largest absolute Gasteiger partial charge is 0.497 e. The van der Waals surface area contributed by atoms with Gasteiger partial charge in [0.2, 0.25) is 33.3 Å². The number of carbonyl (C=O) groups excluding carboxylic acids is 4. The Kier molecular flexibility index (Phi) is 12.0. The Labute approximate surface area is 334 Å². The van der Waals surface area contributed by atoms with Crippen LogP contribution in [0, 0.1) is 11.8 Å². The van der Waals surface area contributed by atoms with Gasteiger partial charge in [0.15, 0.2) is 0 Å². The molecule has 318 valence electrons. The monoisotopic (exact) mass is 837 g/mol. The summed E-state index contributed by atoms with van der Waals surface area (Å²) in [4.78, 5) is 62.0. The third-order valence-electron chi connectivity index (χ3n) is 11.6. The van der Waals surface area contributed by atoms with Crippen LogP contribution in [-0.2, 0) is 33.9 Å². The van der Waals surface area contributed by atoms with Crippen LogP contribution < -0.4 is 24.8 Å². The predicted molar refractivity (Wildman–Crippen MR) is 203 cm³/mol. The number of rotatable bonds is 10. The highest BCUT2D eigenvalue weighted by molar-refractivity contribution is 7.91. The van der Waals surface area contributed by atoms with Crippen molar-refractivity contribution < 1.29 is 59.7 Å². The first kappa shape index (κ1) is 42.9. The molecule has 0 radical (unpaired) electrons. The molecule has 0 bridgehead atoms. The number of benzene rings is 1. The number of carbonyl (C=O) groups is 4. The van der Waals surface area contributed by atoms with E-state index in [1.807, 2.05) is 6.08 Å². The van der Waals surface area contributed by atoms with E-state index in [0.29, 0.717) is 63.5 Å². The average Bonchev–Trinajstić information content (AvgIpc) is 4.03. The fourth-order valence-corrected chi connectivity index (χ4v) is 8.76. The molecule has 1 saturated heterocycles. The smallest absolute Gasteiger partial charge is 0.427 e. The molecular formula is C39H50F3N5O10S. The first-order chi connectivity index (χ1) is 27.2. The van der Waals surface area contributed by atoms with Gasteiger partial charge in [0, 0.05) is 36.9 Å². The molecule has 2 aliphatic carbocycles. The third kappa shape index (κ3) is 8.84. The quantitative estimate of drug-likeness (QED) is 0.290. The second-order valence-electron chi connectivity index (χ2n) is 16.3. The van der Waals surface area contributed by atoms with Crippen LogP contribution in [0.25, 0.3) is 10.8 Å². The lowest BCUT2D eigenvalue weighted by Gasteiger charge is -2.34. The Morgan fingerprint density at radius 2 is 1.84 bits per heavy atom. The minimum atomic E-state index is -4.93. The summed E-state index contributed by atoms with van der Waals surface area (Å²) < 4.78 is 90.7. The number of alkyl carbamates (subject to hydrolysis) is 1. The second-order valence-corrected chi connectivity index (χ2v) is 18.5. The van der Waals surface area contributed by atoms with Crippen LogP contribution in [0.4, 0.5) is 18.0 Å². The zero-order valence-electron chi connectivity index (χ0n) is 33.0. The topological polar surface area (TPSA) is 192 Å². The normalized spacial score (nSPS) is 27.6. The number of alkyl halides is 3. The van der Waals surface area contributed by atoms with Gasteiger partial charge in [0.05, 0.1) is 25.0 Å². The maximum Gasteiger partial charge on any atom is 0.427 e. The van der Waals surface area contributed by atoms with E-state index in [9.17, 15) is 40.8 Å². The predicted octanol–water partition coefficient (Wildman–Crippen LogP) is 4.29. The van der Waals surface area contributed by atoms with E-state index >= 15 is 0 Å². The number of amides is 4. The summed E-state index contributed by atoms with van der Waals surface area (Å²) >= 11 is 0. The molecule has 4 amide bonds. The van der Waals surface area contributed by atoms with Gasteiger partial charge >= 0.3 is 12.3 Å². The number of allylic oxidation sites excluding steroid dienone is 1. The highest BCUT2D eigenvalue weighted by Gasteiger charge is 2.63. The number of pyridine rings is 1. The number of nitrogens with one attached hydrogen (secondary N) is 3. The summed E-state index contributed by atoms with van der Waals surface area (Å²) in [5, 5.41) is 6.48. The molecule has 1 aromatic heterocycles. The number of fused-ring (bicyclic) bond motifs is 3. The second kappa shape index (κ2) is 16.2. The molecule has 6 unspecified atom stereocenters. The molecule has 2 saturated carbocycles. The number of methoxy groups -OCH3 is 2. The van der Waals surface area contributed by atoms with E-state index < -0.39 is 85.9 Å². The van der Waals surface area contributed by atoms with E-state index in [4.69, 9.17) is 18.9 Å². The van der Waals surface area contributed by atoms with Crippen molar-refractivity contribution in [2.75, 3.05) is 27.4 Å². The summed E-state index contributed by atoms with van der Waals surface area (Å²) in [6.07, 6.45) is 0.417. The van der Waals surface area contributed by atoms with E-state index in [2.05, 4.69) is 20.3 Å². The summed E-state index contributed by atoms with van der Waals surface area (Å²) in [5.74, 6) is -3.08. The van der Waals surface area contributed by atoms with Crippen LogP contribution in [0.1, 0.15) is 72.1 Å². The van der Waals surface area contributed by atoms with Gasteiger partial charge in [-0.3, -0.25) is 19.1 Å². The Morgan fingerprint density at radius 1 is 1.10 bits per heavy atom. The lowest BCUT2D eigenvalue weighted by atomic mass is 9.92. The molecular weight excluding hydrogens is 788 g/mol. The maximum atomic E-state index is 14.8. The van der Waals surface area contributed by atoms with Crippen molar-refractivity contribution in [1.29, 1.82) is 0 Å². The molecule has 2 aliphatic heterocycles. The number of hydrogen-bond acceptors (Lipinski definition) is 11. The Balaban J connectivity index is 1.36. The van der Waals surface area contributed by atoms with Crippen molar-refractivity contribution in [3.63, 3.8) is 0 Å². The van der Waals surface area contributed by atoms with E-state index in [1.165, 1.54) is 27.3 Å². The SMILES string of the molecule is COCC1CCCCC=CC2CC2(C(=O)NS(=O)(=O)C2(C)CC2)NC(=O)C2CC(Oc3nccc4cc(OC)ccc34)CN2C(=O)C1NC(=O)OC(C)(C)C(F)(F)F. The fourth-order valence-electron chi connectivity index (χ4n) is 7.44. The molecule has 58 heavy (non-hydrogen) atoms.